The van der Waals surface area contributed by atoms with E-state index < -0.39 is 0 Å². The predicted octanol–water partition coefficient (Wildman–Crippen LogP) is 3.14. The lowest BCUT2D eigenvalue weighted by Gasteiger charge is -2.11. The van der Waals surface area contributed by atoms with Gasteiger partial charge in [0.25, 0.3) is 0 Å². The van der Waals surface area contributed by atoms with Gasteiger partial charge in [-0.05, 0) is 32.4 Å². The molecule has 0 aromatic carbocycles. The van der Waals surface area contributed by atoms with E-state index in [1.165, 1.54) is 12.8 Å². The largest absolute Gasteiger partial charge is 0.349 e. The average molecular weight is 210 g/mol. The second-order valence-corrected chi connectivity index (χ2v) is 3.06. The molecule has 0 fully saturated rings. The zero-order valence-corrected chi connectivity index (χ0v) is 10.1. The molecule has 0 heterocycles. The van der Waals surface area contributed by atoms with Gasteiger partial charge in [0.2, 0.25) is 0 Å². The van der Waals surface area contributed by atoms with Gasteiger partial charge >= 0.3 is 0 Å². The van der Waals surface area contributed by atoms with Gasteiger partial charge in [-0.3, -0.25) is 0 Å². The molecule has 0 radical (unpaired) electrons. The Bertz CT molecular complexity index is 204. The quantitative estimate of drug-likeness (QED) is 0.365. The van der Waals surface area contributed by atoms with Gasteiger partial charge in [-0.25, -0.2) is 0 Å². The van der Waals surface area contributed by atoms with E-state index in [0.29, 0.717) is 13.2 Å². The SMILES string of the molecule is CCCCC#C/C=C/C(OCC)OCC. The Morgan fingerprint density at radius 2 is 1.80 bits per heavy atom. The topological polar surface area (TPSA) is 18.5 Å². The zero-order valence-electron chi connectivity index (χ0n) is 10.1. The zero-order chi connectivity index (χ0) is 11.4. The third-order valence-corrected chi connectivity index (χ3v) is 1.76. The fourth-order valence-corrected chi connectivity index (χ4v) is 1.01. The molecule has 0 aromatic rings. The average Bonchev–Trinajstić information content (AvgIpc) is 2.24. The van der Waals surface area contributed by atoms with E-state index in [1.807, 2.05) is 26.0 Å². The fraction of sp³-hybridized carbons (Fsp3) is 0.692. The monoisotopic (exact) mass is 210 g/mol. The molecule has 2 heteroatoms. The van der Waals surface area contributed by atoms with Crippen LogP contribution in [0.25, 0.3) is 0 Å². The summed E-state index contributed by atoms with van der Waals surface area (Å²) in [5, 5.41) is 0. The van der Waals surface area contributed by atoms with E-state index >= 15 is 0 Å². The lowest BCUT2D eigenvalue weighted by atomic mass is 10.2. The number of allylic oxidation sites excluding steroid dienone is 1. The Hall–Kier alpha value is -0.780. The van der Waals surface area contributed by atoms with Crippen molar-refractivity contribution in [1.82, 2.24) is 0 Å². The molecule has 0 N–H and O–H groups in total. The third-order valence-electron chi connectivity index (χ3n) is 1.76. The maximum absolute atomic E-state index is 5.33. The van der Waals surface area contributed by atoms with E-state index in [-0.39, 0.29) is 6.29 Å². The fourth-order valence-electron chi connectivity index (χ4n) is 1.01. The number of ether oxygens (including phenoxy) is 2. The highest BCUT2D eigenvalue weighted by molar-refractivity contribution is 5.15. The molecule has 0 unspecified atom stereocenters. The van der Waals surface area contributed by atoms with Crippen LogP contribution in [0, 0.1) is 11.8 Å². The minimum atomic E-state index is -0.250. The van der Waals surface area contributed by atoms with Gasteiger partial charge in [0.05, 0.1) is 0 Å². The Morgan fingerprint density at radius 3 is 2.33 bits per heavy atom. The normalized spacial score (nSPS) is 10.7. The van der Waals surface area contributed by atoms with E-state index in [4.69, 9.17) is 9.47 Å². The molecular weight excluding hydrogens is 188 g/mol. The van der Waals surface area contributed by atoms with E-state index in [2.05, 4.69) is 18.8 Å². The van der Waals surface area contributed by atoms with Gasteiger partial charge in [-0.1, -0.05) is 25.2 Å². The maximum atomic E-state index is 5.33. The van der Waals surface area contributed by atoms with Crippen molar-refractivity contribution in [2.75, 3.05) is 13.2 Å². The van der Waals surface area contributed by atoms with Crippen LogP contribution in [0.1, 0.15) is 40.0 Å². The van der Waals surface area contributed by atoms with Crippen molar-refractivity contribution in [3.63, 3.8) is 0 Å². The van der Waals surface area contributed by atoms with Crippen molar-refractivity contribution in [1.29, 1.82) is 0 Å². The summed E-state index contributed by atoms with van der Waals surface area (Å²) in [5.41, 5.74) is 0. The first-order chi connectivity index (χ1) is 7.35. The molecule has 0 aliphatic rings. The van der Waals surface area contributed by atoms with Gasteiger partial charge in [0, 0.05) is 19.6 Å². The molecule has 0 rings (SSSR count). The molecule has 0 aromatic heterocycles. The van der Waals surface area contributed by atoms with Crippen molar-refractivity contribution in [2.45, 2.75) is 46.3 Å². The molecular formula is C13H22O2. The Labute approximate surface area is 93.7 Å². The number of hydrogen-bond acceptors (Lipinski definition) is 2. The molecule has 0 spiro atoms. The molecule has 0 amide bonds. The maximum Gasteiger partial charge on any atom is 0.177 e. The van der Waals surface area contributed by atoms with Gasteiger partial charge in [-0.2, -0.15) is 0 Å². The number of rotatable bonds is 7. The predicted molar refractivity (Wildman–Crippen MR) is 63.5 cm³/mol. The highest BCUT2D eigenvalue weighted by Crippen LogP contribution is 1.96. The van der Waals surface area contributed by atoms with Crippen LogP contribution in [-0.2, 0) is 9.47 Å². The Morgan fingerprint density at radius 1 is 1.13 bits per heavy atom. The lowest BCUT2D eigenvalue weighted by molar-refractivity contribution is -0.103. The van der Waals surface area contributed by atoms with E-state index in [1.54, 1.807) is 0 Å². The summed E-state index contributed by atoms with van der Waals surface area (Å²) in [6, 6.07) is 0. The molecule has 2 nitrogen and oxygen atoms in total. The van der Waals surface area contributed by atoms with Crippen LogP contribution in [0.2, 0.25) is 0 Å². The minimum Gasteiger partial charge on any atom is -0.349 e. The van der Waals surface area contributed by atoms with Crippen molar-refractivity contribution in [3.8, 4) is 11.8 Å². The molecule has 15 heavy (non-hydrogen) atoms. The first-order valence-corrected chi connectivity index (χ1v) is 5.73. The minimum absolute atomic E-state index is 0.250. The summed E-state index contributed by atoms with van der Waals surface area (Å²) in [6.45, 7) is 7.37. The second-order valence-electron chi connectivity index (χ2n) is 3.06. The highest BCUT2D eigenvalue weighted by Gasteiger charge is 2.00. The molecule has 0 bridgehead atoms. The Kier molecular flexibility index (Phi) is 10.7. The van der Waals surface area contributed by atoms with Crippen LogP contribution in [0.4, 0.5) is 0 Å². The van der Waals surface area contributed by atoms with E-state index in [9.17, 15) is 0 Å². The Balaban J connectivity index is 3.80. The van der Waals surface area contributed by atoms with Gasteiger partial charge in [0.1, 0.15) is 0 Å². The van der Waals surface area contributed by atoms with Gasteiger partial charge in [-0.15, -0.1) is 0 Å². The van der Waals surface area contributed by atoms with Gasteiger partial charge in [0.15, 0.2) is 6.29 Å². The molecule has 86 valence electrons. The van der Waals surface area contributed by atoms with Crippen molar-refractivity contribution < 1.29 is 9.47 Å². The molecule has 0 saturated carbocycles. The highest BCUT2D eigenvalue weighted by atomic mass is 16.7. The number of hydrogen-bond donors (Lipinski definition) is 0. The van der Waals surface area contributed by atoms with Crippen LogP contribution in [-0.4, -0.2) is 19.5 Å². The standard InChI is InChI=1S/C13H22O2/c1-4-7-8-9-10-11-12-13(14-5-2)15-6-3/h11-13H,4-8H2,1-3H3/b12-11+. The molecule has 0 atom stereocenters. The van der Waals surface area contributed by atoms with Crippen LogP contribution in [0.5, 0.6) is 0 Å². The van der Waals surface area contributed by atoms with Gasteiger partial charge < -0.3 is 9.47 Å². The van der Waals surface area contributed by atoms with Crippen LogP contribution < -0.4 is 0 Å². The summed E-state index contributed by atoms with van der Waals surface area (Å²) >= 11 is 0. The summed E-state index contributed by atoms with van der Waals surface area (Å²) in [6.07, 6.45) is 6.74. The first-order valence-electron chi connectivity index (χ1n) is 5.73. The molecule has 0 aliphatic carbocycles. The van der Waals surface area contributed by atoms with Crippen LogP contribution in [0.3, 0.4) is 0 Å². The number of unbranched alkanes of at least 4 members (excludes halogenated alkanes) is 2. The molecule has 0 aliphatic heterocycles. The van der Waals surface area contributed by atoms with Crippen LogP contribution in [0.15, 0.2) is 12.2 Å². The van der Waals surface area contributed by atoms with Crippen molar-refractivity contribution in [3.05, 3.63) is 12.2 Å². The summed E-state index contributed by atoms with van der Waals surface area (Å²) in [4.78, 5) is 0. The summed E-state index contributed by atoms with van der Waals surface area (Å²) in [7, 11) is 0. The molecule has 0 saturated heterocycles. The first kappa shape index (κ1) is 14.2. The van der Waals surface area contributed by atoms with Crippen molar-refractivity contribution in [2.24, 2.45) is 0 Å². The summed E-state index contributed by atoms with van der Waals surface area (Å²) in [5.74, 6) is 6.05. The van der Waals surface area contributed by atoms with E-state index in [0.717, 1.165) is 6.42 Å². The third kappa shape index (κ3) is 9.52. The smallest absolute Gasteiger partial charge is 0.177 e. The summed E-state index contributed by atoms with van der Waals surface area (Å²) < 4.78 is 10.7. The lowest BCUT2D eigenvalue weighted by Crippen LogP contribution is -2.13. The van der Waals surface area contributed by atoms with Crippen LogP contribution >= 0.6 is 0 Å². The second kappa shape index (κ2) is 11.3. The van der Waals surface area contributed by atoms with Crippen molar-refractivity contribution >= 4 is 0 Å².